The second-order valence-electron chi connectivity index (χ2n) is 6.91. The van der Waals surface area contributed by atoms with Crippen LogP contribution in [0.3, 0.4) is 0 Å². The van der Waals surface area contributed by atoms with Crippen LogP contribution < -0.4 is 16.0 Å². The number of hydrogen-bond acceptors (Lipinski definition) is 4. The van der Waals surface area contributed by atoms with E-state index >= 15 is 0 Å². The fourth-order valence-electron chi connectivity index (χ4n) is 3.82. The minimum atomic E-state index is 0.541. The molecule has 2 aliphatic rings. The van der Waals surface area contributed by atoms with Gasteiger partial charge in [0, 0.05) is 54.9 Å². The zero-order valence-corrected chi connectivity index (χ0v) is 15.5. The molecule has 0 spiro atoms. The Morgan fingerprint density at radius 2 is 2.31 bits per heavy atom. The Morgan fingerprint density at radius 1 is 1.42 bits per heavy atom. The summed E-state index contributed by atoms with van der Waals surface area (Å²) in [5.41, 5.74) is 4.92. The largest absolute Gasteiger partial charge is 0.387 e. The molecule has 2 aromatic rings. The number of dihydropyridines is 1. The lowest BCUT2D eigenvalue weighted by Crippen LogP contribution is -2.34. The van der Waals surface area contributed by atoms with Gasteiger partial charge < -0.3 is 20.5 Å². The van der Waals surface area contributed by atoms with Gasteiger partial charge >= 0.3 is 0 Å². The summed E-state index contributed by atoms with van der Waals surface area (Å²) in [7, 11) is 1.99. The van der Waals surface area contributed by atoms with E-state index in [1.165, 1.54) is 12.0 Å². The predicted molar refractivity (Wildman–Crippen MR) is 106 cm³/mol. The van der Waals surface area contributed by atoms with E-state index < -0.39 is 0 Å². The highest BCUT2D eigenvalue weighted by Gasteiger charge is 2.20. The standard InChI is InChI=1S/C20H22ClN5/c1-26-19-7-15(21)2-3-17(19)18(8-22)20(26)14-6-13(9-24-11-14)10-25-16-4-5-23-12-16/h2-3,6-7,11,16,23-25H,4-5,9-10,12H2,1H3/t16-/m1/s1. The van der Waals surface area contributed by atoms with Crippen molar-refractivity contribution in [2.24, 2.45) is 7.05 Å². The number of halogens is 1. The van der Waals surface area contributed by atoms with E-state index in [0.717, 1.165) is 48.3 Å². The number of aromatic nitrogens is 1. The molecule has 1 saturated heterocycles. The van der Waals surface area contributed by atoms with E-state index in [2.05, 4.69) is 32.7 Å². The quantitative estimate of drug-likeness (QED) is 0.777. The smallest absolute Gasteiger partial charge is 0.102 e. The molecule has 4 rings (SSSR count). The molecule has 3 N–H and O–H groups in total. The Bertz CT molecular complexity index is 941. The minimum absolute atomic E-state index is 0.541. The molecule has 6 heteroatoms. The average molecular weight is 368 g/mol. The summed E-state index contributed by atoms with van der Waals surface area (Å²) in [5.74, 6) is 0. The van der Waals surface area contributed by atoms with Crippen LogP contribution in [0.5, 0.6) is 0 Å². The molecule has 0 unspecified atom stereocenters. The number of nitrogens with zero attached hydrogens (tertiary/aromatic N) is 2. The minimum Gasteiger partial charge on any atom is -0.387 e. The van der Waals surface area contributed by atoms with Crippen LogP contribution in [0.2, 0.25) is 5.02 Å². The Hall–Kier alpha value is -2.26. The summed E-state index contributed by atoms with van der Waals surface area (Å²) in [6.45, 7) is 3.80. The van der Waals surface area contributed by atoms with Gasteiger partial charge in [-0.25, -0.2) is 0 Å². The number of rotatable bonds is 4. The maximum atomic E-state index is 9.76. The molecular formula is C20H22ClN5. The van der Waals surface area contributed by atoms with Gasteiger partial charge in [-0.15, -0.1) is 0 Å². The van der Waals surface area contributed by atoms with Gasteiger partial charge in [0.05, 0.1) is 16.8 Å². The number of nitriles is 1. The van der Waals surface area contributed by atoms with Crippen LogP contribution in [0.15, 0.2) is 36.0 Å². The van der Waals surface area contributed by atoms with Gasteiger partial charge in [0.2, 0.25) is 0 Å². The second-order valence-corrected chi connectivity index (χ2v) is 7.35. The molecule has 3 heterocycles. The van der Waals surface area contributed by atoms with Crippen LogP contribution in [0.4, 0.5) is 0 Å². The van der Waals surface area contributed by atoms with Crippen LogP contribution in [0.25, 0.3) is 16.5 Å². The third-order valence-electron chi connectivity index (χ3n) is 5.17. The predicted octanol–water partition coefficient (Wildman–Crippen LogP) is 2.53. The Morgan fingerprint density at radius 3 is 3.08 bits per heavy atom. The van der Waals surface area contributed by atoms with Crippen molar-refractivity contribution in [2.45, 2.75) is 12.5 Å². The molecule has 26 heavy (non-hydrogen) atoms. The fourth-order valence-corrected chi connectivity index (χ4v) is 3.99. The van der Waals surface area contributed by atoms with E-state index in [4.69, 9.17) is 11.6 Å². The lowest BCUT2D eigenvalue weighted by atomic mass is 10.0. The topological polar surface area (TPSA) is 64.8 Å². The zero-order chi connectivity index (χ0) is 18.1. The summed E-state index contributed by atoms with van der Waals surface area (Å²) in [6.07, 6.45) is 5.37. The number of allylic oxidation sites excluding steroid dienone is 2. The lowest BCUT2D eigenvalue weighted by Gasteiger charge is -2.19. The van der Waals surface area contributed by atoms with Gasteiger partial charge in [0.15, 0.2) is 0 Å². The van der Waals surface area contributed by atoms with E-state index in [1.807, 2.05) is 31.4 Å². The van der Waals surface area contributed by atoms with Crippen LogP contribution >= 0.6 is 11.6 Å². The van der Waals surface area contributed by atoms with Crippen molar-refractivity contribution >= 4 is 28.1 Å². The first-order chi connectivity index (χ1) is 12.7. The van der Waals surface area contributed by atoms with Crippen molar-refractivity contribution in [3.63, 3.8) is 0 Å². The van der Waals surface area contributed by atoms with Crippen LogP contribution in [-0.4, -0.2) is 36.8 Å². The van der Waals surface area contributed by atoms with Crippen molar-refractivity contribution in [1.29, 1.82) is 5.26 Å². The van der Waals surface area contributed by atoms with Crippen molar-refractivity contribution in [1.82, 2.24) is 20.5 Å². The lowest BCUT2D eigenvalue weighted by molar-refractivity contribution is 0.569. The SMILES string of the molecule is Cn1c(C2=CNCC(CN[C@@H]3CCNC3)=C2)c(C#N)c2ccc(Cl)cc21. The average Bonchev–Trinajstić information content (AvgIpc) is 3.26. The van der Waals surface area contributed by atoms with Crippen molar-refractivity contribution < 1.29 is 0 Å². The molecule has 1 fully saturated rings. The number of fused-ring (bicyclic) bond motifs is 1. The van der Waals surface area contributed by atoms with Gasteiger partial charge in [-0.2, -0.15) is 5.26 Å². The monoisotopic (exact) mass is 367 g/mol. The molecule has 1 aromatic carbocycles. The fraction of sp³-hybridized carbons (Fsp3) is 0.350. The van der Waals surface area contributed by atoms with Crippen LogP contribution in [0, 0.1) is 11.3 Å². The van der Waals surface area contributed by atoms with Crippen LogP contribution in [0.1, 0.15) is 17.7 Å². The summed E-state index contributed by atoms with van der Waals surface area (Å²) >= 11 is 6.16. The van der Waals surface area contributed by atoms with E-state index in [-0.39, 0.29) is 0 Å². The van der Waals surface area contributed by atoms with E-state index in [1.54, 1.807) is 0 Å². The van der Waals surface area contributed by atoms with Gasteiger partial charge in [0.25, 0.3) is 0 Å². The first kappa shape index (κ1) is 17.2. The van der Waals surface area contributed by atoms with Gasteiger partial charge in [0.1, 0.15) is 6.07 Å². The molecule has 5 nitrogen and oxygen atoms in total. The summed E-state index contributed by atoms with van der Waals surface area (Å²) in [6, 6.07) is 8.60. The number of benzene rings is 1. The molecule has 2 aliphatic heterocycles. The van der Waals surface area contributed by atoms with E-state index in [0.29, 0.717) is 16.6 Å². The summed E-state index contributed by atoms with van der Waals surface area (Å²) < 4.78 is 2.06. The molecule has 0 aliphatic carbocycles. The highest BCUT2D eigenvalue weighted by atomic mass is 35.5. The molecule has 134 valence electrons. The highest BCUT2D eigenvalue weighted by Crippen LogP contribution is 2.32. The number of hydrogen-bond donors (Lipinski definition) is 3. The molecule has 1 aromatic heterocycles. The maximum Gasteiger partial charge on any atom is 0.102 e. The number of nitrogens with one attached hydrogen (secondary N) is 3. The van der Waals surface area contributed by atoms with E-state index in [9.17, 15) is 5.26 Å². The first-order valence-corrected chi connectivity index (χ1v) is 9.30. The molecule has 0 saturated carbocycles. The summed E-state index contributed by atoms with van der Waals surface area (Å²) in [4.78, 5) is 0. The third-order valence-corrected chi connectivity index (χ3v) is 5.41. The molecule has 0 bridgehead atoms. The normalized spacial score (nSPS) is 19.8. The second kappa shape index (κ2) is 7.16. The molecule has 1 atom stereocenters. The van der Waals surface area contributed by atoms with Crippen molar-refractivity contribution in [3.8, 4) is 6.07 Å². The first-order valence-electron chi connectivity index (χ1n) is 8.93. The van der Waals surface area contributed by atoms with Gasteiger partial charge in [-0.3, -0.25) is 0 Å². The molecule has 0 radical (unpaired) electrons. The van der Waals surface area contributed by atoms with Gasteiger partial charge in [-0.1, -0.05) is 11.6 Å². The third kappa shape index (κ3) is 3.12. The Balaban J connectivity index is 1.67. The Labute approximate surface area is 158 Å². The van der Waals surface area contributed by atoms with Crippen LogP contribution in [-0.2, 0) is 7.05 Å². The Kier molecular flexibility index (Phi) is 4.73. The zero-order valence-electron chi connectivity index (χ0n) is 14.8. The maximum absolute atomic E-state index is 9.76. The van der Waals surface area contributed by atoms with Crippen molar-refractivity contribution in [2.75, 3.05) is 26.2 Å². The number of aryl methyl sites for hydroxylation is 1. The molecule has 0 amide bonds. The summed E-state index contributed by atoms with van der Waals surface area (Å²) in [5, 5.41) is 21.7. The highest BCUT2D eigenvalue weighted by molar-refractivity contribution is 6.31. The van der Waals surface area contributed by atoms with Gasteiger partial charge in [-0.05, 0) is 42.8 Å². The van der Waals surface area contributed by atoms with Crippen molar-refractivity contribution in [3.05, 3.63) is 52.3 Å². The molecular weight excluding hydrogens is 346 g/mol.